The molecule has 0 aliphatic carbocycles. The smallest absolute Gasteiger partial charge is 0.303 e. The topological polar surface area (TPSA) is 129 Å². The molecule has 0 bridgehead atoms. The summed E-state index contributed by atoms with van der Waals surface area (Å²) >= 11 is 0. The average Bonchev–Trinajstić information content (AvgIpc) is 3.03. The average molecular weight is 710 g/mol. The summed E-state index contributed by atoms with van der Waals surface area (Å²) in [6.45, 7) is 27.0. The summed E-state index contributed by atoms with van der Waals surface area (Å²) in [6.07, 6.45) is 9.31. The van der Waals surface area contributed by atoms with Crippen molar-refractivity contribution in [3.8, 4) is 0 Å². The number of rotatable bonds is 22. The van der Waals surface area contributed by atoms with Crippen molar-refractivity contribution >= 4 is 17.8 Å². The Morgan fingerprint density at radius 3 is 2.00 bits per heavy atom. The molecule has 1 aliphatic heterocycles. The van der Waals surface area contributed by atoms with Crippen molar-refractivity contribution in [3.63, 3.8) is 0 Å². The molecule has 10 nitrogen and oxygen atoms in total. The number of aliphatic hydroxyl groups excluding tert-OH is 1. The van der Waals surface area contributed by atoms with Gasteiger partial charge in [0, 0.05) is 50.5 Å². The summed E-state index contributed by atoms with van der Waals surface area (Å²) in [5, 5.41) is 23.1. The van der Waals surface area contributed by atoms with Gasteiger partial charge < -0.3 is 34.8 Å². The number of aliphatic hydroxyl groups is 1. The van der Waals surface area contributed by atoms with Crippen molar-refractivity contribution < 1.29 is 34.1 Å². The molecule has 0 aromatic carbocycles. The molecule has 0 aromatic heterocycles. The molecule has 0 radical (unpaired) electrons. The molecule has 1 saturated heterocycles. The highest BCUT2D eigenvalue weighted by atomic mass is 16.5. The molecule has 1 atom stereocenters. The molecule has 1 heterocycles. The molecule has 0 spiro atoms. The predicted octanol–water partition coefficient (Wildman–Crippen LogP) is 7.00. The van der Waals surface area contributed by atoms with Crippen molar-refractivity contribution in [2.45, 2.75) is 158 Å². The molecule has 1 fully saturated rings. The minimum absolute atomic E-state index is 0.00627. The number of carbonyl (C=O) groups excluding carboxylic acids is 2. The first-order valence-electron chi connectivity index (χ1n) is 18.9. The van der Waals surface area contributed by atoms with Gasteiger partial charge in [0.25, 0.3) is 0 Å². The molecule has 10 heteroatoms. The molecule has 2 amide bonds. The van der Waals surface area contributed by atoms with Crippen molar-refractivity contribution in [2.24, 2.45) is 10.8 Å². The summed E-state index contributed by atoms with van der Waals surface area (Å²) < 4.78 is 12.4. The first-order chi connectivity index (χ1) is 23.2. The highest BCUT2D eigenvalue weighted by Gasteiger charge is 2.41. The van der Waals surface area contributed by atoms with Crippen LogP contribution in [0.15, 0.2) is 23.8 Å². The number of nitrogens with one attached hydrogen (secondary N) is 1. The molecule has 1 unspecified atom stereocenters. The van der Waals surface area contributed by atoms with Gasteiger partial charge in [-0.15, -0.1) is 0 Å². The number of aliphatic carboxylic acids is 1. The highest BCUT2D eigenvalue weighted by molar-refractivity contribution is 5.82. The summed E-state index contributed by atoms with van der Waals surface area (Å²) in [5.41, 5.74) is -1.17. The number of carboxylic acids is 1. The van der Waals surface area contributed by atoms with Gasteiger partial charge in [-0.2, -0.15) is 0 Å². The van der Waals surface area contributed by atoms with Crippen LogP contribution in [-0.4, -0.2) is 108 Å². The minimum atomic E-state index is -0.836. The van der Waals surface area contributed by atoms with Crippen LogP contribution in [0.3, 0.4) is 0 Å². The number of hydrogen-bond donors (Lipinski definition) is 3. The van der Waals surface area contributed by atoms with Crippen LogP contribution in [0.4, 0.5) is 0 Å². The zero-order chi connectivity index (χ0) is 38.8. The van der Waals surface area contributed by atoms with Gasteiger partial charge in [0.2, 0.25) is 11.8 Å². The molecule has 0 aromatic rings. The fourth-order valence-electron chi connectivity index (χ4n) is 6.78. The molecule has 3 N–H and O–H groups in total. The van der Waals surface area contributed by atoms with Gasteiger partial charge in [0.15, 0.2) is 0 Å². The number of hydrogen-bond acceptors (Lipinski definition) is 7. The Bertz CT molecular complexity index is 1070. The number of piperidine rings is 1. The van der Waals surface area contributed by atoms with Crippen molar-refractivity contribution in [1.29, 1.82) is 0 Å². The molecule has 50 heavy (non-hydrogen) atoms. The maximum atomic E-state index is 14.5. The number of nitrogens with zero attached hydrogens (tertiary/aromatic N) is 2. The van der Waals surface area contributed by atoms with E-state index in [1.165, 1.54) is 0 Å². The summed E-state index contributed by atoms with van der Waals surface area (Å²) in [4.78, 5) is 42.0. The Morgan fingerprint density at radius 1 is 0.920 bits per heavy atom. The number of ether oxygens (including phenoxy) is 2. The van der Waals surface area contributed by atoms with Crippen LogP contribution in [0, 0.1) is 10.8 Å². The number of carboxylic acid groups (broad SMARTS) is 1. The van der Waals surface area contributed by atoms with Gasteiger partial charge in [-0.1, -0.05) is 59.8 Å². The van der Waals surface area contributed by atoms with E-state index in [1.807, 2.05) is 104 Å². The van der Waals surface area contributed by atoms with E-state index in [0.717, 1.165) is 5.57 Å². The second-order valence-electron chi connectivity index (χ2n) is 16.1. The Kier molecular flexibility index (Phi) is 21.6. The maximum Gasteiger partial charge on any atom is 0.303 e. The normalized spacial score (nSPS) is 15.9. The van der Waals surface area contributed by atoms with E-state index in [2.05, 4.69) is 19.2 Å². The fourth-order valence-corrected chi connectivity index (χ4v) is 6.78. The van der Waals surface area contributed by atoms with E-state index in [9.17, 15) is 19.5 Å². The lowest BCUT2D eigenvalue weighted by Crippen LogP contribution is -2.53. The van der Waals surface area contributed by atoms with Gasteiger partial charge in [-0.3, -0.25) is 14.4 Å². The third-order valence-corrected chi connectivity index (χ3v) is 9.39. The summed E-state index contributed by atoms with van der Waals surface area (Å²) in [6, 6.07) is -0.00627. The number of likely N-dealkylation sites (tertiary alicyclic amines) is 1. The molecular weight excluding hydrogens is 634 g/mol. The third-order valence-electron chi connectivity index (χ3n) is 9.39. The van der Waals surface area contributed by atoms with Crippen molar-refractivity contribution in [1.82, 2.24) is 15.1 Å². The molecule has 1 rings (SSSR count). The summed E-state index contributed by atoms with van der Waals surface area (Å²) in [7, 11) is 1.84. The first-order valence-corrected chi connectivity index (χ1v) is 18.9. The third kappa shape index (κ3) is 18.3. The molecule has 292 valence electrons. The first kappa shape index (κ1) is 47.7. The van der Waals surface area contributed by atoms with Crippen molar-refractivity contribution in [2.75, 3.05) is 46.4 Å². The lowest BCUT2D eigenvalue weighted by atomic mass is 9.71. The molecule has 1 aliphatic rings. The van der Waals surface area contributed by atoms with E-state index < -0.39 is 28.7 Å². The molecule has 0 saturated carbocycles. The van der Waals surface area contributed by atoms with Gasteiger partial charge in [-0.05, 0) is 98.1 Å². The Hall–Kier alpha value is -2.27. The SMILES string of the molecule is CC.CC=CC(=CC)C(O)CC(C)(C)CC(C)(C)C(=O)N(CCOC(C)(C)CCOC(C)(C)CCC(=O)O)C1CCN(C(=O)CCNC)CC1. The van der Waals surface area contributed by atoms with Crippen LogP contribution >= 0.6 is 0 Å². The van der Waals surface area contributed by atoms with E-state index in [1.54, 1.807) is 0 Å². The number of carbonyl (C=O) groups is 3. The standard InChI is InChI=1S/C38H69N3O7.C2H6/c1-12-14-29(13-2)31(42)27-35(3,4)28-36(5,6)34(46)41(30-17-22-40(23-18-30)32(43)16-21-39-11)24-26-48-38(9,10)20-25-47-37(7,8)19-15-33(44)45;1-2/h12-14,30-31,39,42H,15-28H2,1-11H3,(H,44,45);1-2H3. The van der Waals surface area contributed by atoms with Crippen LogP contribution in [0.1, 0.15) is 134 Å². The van der Waals surface area contributed by atoms with Crippen LogP contribution in [0.2, 0.25) is 0 Å². The Morgan fingerprint density at radius 2 is 1.48 bits per heavy atom. The number of amides is 2. The van der Waals surface area contributed by atoms with Crippen LogP contribution in [0.5, 0.6) is 0 Å². The van der Waals surface area contributed by atoms with Crippen LogP contribution in [0.25, 0.3) is 0 Å². The quantitative estimate of drug-likeness (QED) is 0.103. The lowest BCUT2D eigenvalue weighted by Gasteiger charge is -2.44. The van der Waals surface area contributed by atoms with Crippen LogP contribution < -0.4 is 5.32 Å². The zero-order valence-electron chi connectivity index (χ0n) is 34.1. The van der Waals surface area contributed by atoms with E-state index in [4.69, 9.17) is 14.6 Å². The molecular formula is C40H75N3O7. The predicted molar refractivity (Wildman–Crippen MR) is 204 cm³/mol. The Labute approximate surface area is 305 Å². The van der Waals surface area contributed by atoms with Gasteiger partial charge in [0.1, 0.15) is 0 Å². The largest absolute Gasteiger partial charge is 0.481 e. The second kappa shape index (κ2) is 22.6. The fraction of sp³-hybridized carbons (Fsp3) is 0.825. The van der Waals surface area contributed by atoms with Gasteiger partial charge in [0.05, 0.1) is 30.5 Å². The van der Waals surface area contributed by atoms with Gasteiger partial charge in [-0.25, -0.2) is 0 Å². The zero-order valence-corrected chi connectivity index (χ0v) is 34.1. The Balaban J connectivity index is 0.0000118. The van der Waals surface area contributed by atoms with Crippen molar-refractivity contribution in [3.05, 3.63) is 23.8 Å². The summed E-state index contributed by atoms with van der Waals surface area (Å²) in [5.74, 6) is -0.634. The van der Waals surface area contributed by atoms with Crippen LogP contribution in [-0.2, 0) is 23.9 Å². The second-order valence-corrected chi connectivity index (χ2v) is 16.1. The minimum Gasteiger partial charge on any atom is -0.481 e. The number of allylic oxidation sites excluding steroid dienone is 2. The lowest BCUT2D eigenvalue weighted by molar-refractivity contribution is -0.149. The van der Waals surface area contributed by atoms with E-state index in [0.29, 0.717) is 84.3 Å². The monoisotopic (exact) mass is 710 g/mol. The highest BCUT2D eigenvalue weighted by Crippen LogP contribution is 2.40. The van der Waals surface area contributed by atoms with E-state index in [-0.39, 0.29) is 29.7 Å². The maximum absolute atomic E-state index is 14.5. The van der Waals surface area contributed by atoms with E-state index >= 15 is 0 Å². The van der Waals surface area contributed by atoms with Gasteiger partial charge >= 0.3 is 5.97 Å².